The summed E-state index contributed by atoms with van der Waals surface area (Å²) in [4.78, 5) is 0.0220. The van der Waals surface area contributed by atoms with E-state index in [1.165, 1.54) is 22.5 Å². The molecule has 1 rings (SSSR count). The molecule has 1 aromatic rings. The molecule has 0 aliphatic heterocycles. The van der Waals surface area contributed by atoms with Crippen LogP contribution in [0.3, 0.4) is 0 Å². The molecule has 0 fully saturated rings. The second-order valence-corrected chi connectivity index (χ2v) is 6.77. The monoisotopic (exact) mass is 320 g/mol. The smallest absolute Gasteiger partial charge is 0.244 e. The number of halogens is 1. The van der Waals surface area contributed by atoms with Crippen molar-refractivity contribution in [1.29, 1.82) is 0 Å². The maximum absolute atomic E-state index is 12.7. The minimum absolute atomic E-state index is 0.0220. The summed E-state index contributed by atoms with van der Waals surface area (Å²) in [5, 5.41) is 9.24. The summed E-state index contributed by atoms with van der Waals surface area (Å²) in [5.41, 5.74) is 5.99. The van der Waals surface area contributed by atoms with E-state index in [2.05, 4.69) is 0 Å². The zero-order valence-corrected chi connectivity index (χ0v) is 13.3. The first-order chi connectivity index (χ1) is 9.38. The van der Waals surface area contributed by atoms with Gasteiger partial charge in [0, 0.05) is 18.3 Å². The number of benzene rings is 1. The van der Waals surface area contributed by atoms with E-state index in [9.17, 15) is 8.42 Å². The SMILES string of the molecule is CCC(CC)N(CCO)S(=O)(=O)c1ccc(N)cc1Cl. The number of rotatable bonds is 7. The maximum atomic E-state index is 12.7. The fourth-order valence-electron chi connectivity index (χ4n) is 2.15. The molecule has 0 saturated carbocycles. The Bertz CT molecular complexity index is 545. The summed E-state index contributed by atoms with van der Waals surface area (Å²) in [7, 11) is -3.75. The number of aliphatic hydroxyl groups is 1. The van der Waals surface area contributed by atoms with Crippen LogP contribution in [0.5, 0.6) is 0 Å². The number of hydrogen-bond acceptors (Lipinski definition) is 4. The normalized spacial score (nSPS) is 12.3. The van der Waals surface area contributed by atoms with E-state index in [0.29, 0.717) is 18.5 Å². The van der Waals surface area contributed by atoms with Crippen molar-refractivity contribution in [1.82, 2.24) is 4.31 Å². The number of nitrogens with two attached hydrogens (primary N) is 1. The third-order valence-corrected chi connectivity index (χ3v) is 5.65. The van der Waals surface area contributed by atoms with E-state index in [1.54, 1.807) is 0 Å². The molecule has 7 heteroatoms. The molecular weight excluding hydrogens is 300 g/mol. The van der Waals surface area contributed by atoms with E-state index in [4.69, 9.17) is 22.4 Å². The highest BCUT2D eigenvalue weighted by Gasteiger charge is 2.30. The van der Waals surface area contributed by atoms with Crippen LogP contribution in [-0.4, -0.2) is 37.0 Å². The molecule has 0 aliphatic rings. The fourth-order valence-corrected chi connectivity index (χ4v) is 4.44. The van der Waals surface area contributed by atoms with Gasteiger partial charge in [-0.15, -0.1) is 0 Å². The first-order valence-corrected chi connectivity index (χ1v) is 8.38. The Hall–Kier alpha value is -0.820. The van der Waals surface area contributed by atoms with Crippen LogP contribution in [0.2, 0.25) is 5.02 Å². The van der Waals surface area contributed by atoms with Crippen molar-refractivity contribution in [2.45, 2.75) is 37.6 Å². The lowest BCUT2D eigenvalue weighted by Crippen LogP contribution is -2.41. The summed E-state index contributed by atoms with van der Waals surface area (Å²) in [6, 6.07) is 4.15. The molecule has 0 saturated heterocycles. The molecule has 5 nitrogen and oxygen atoms in total. The van der Waals surface area contributed by atoms with Crippen LogP contribution in [0.4, 0.5) is 5.69 Å². The Balaban J connectivity index is 3.28. The molecule has 0 bridgehead atoms. The number of aliphatic hydroxyl groups excluding tert-OH is 1. The van der Waals surface area contributed by atoms with Gasteiger partial charge in [0.2, 0.25) is 10.0 Å². The van der Waals surface area contributed by atoms with Gasteiger partial charge in [0.05, 0.1) is 11.6 Å². The lowest BCUT2D eigenvalue weighted by atomic mass is 10.2. The van der Waals surface area contributed by atoms with E-state index in [0.717, 1.165) is 0 Å². The molecule has 20 heavy (non-hydrogen) atoms. The highest BCUT2D eigenvalue weighted by atomic mass is 35.5. The van der Waals surface area contributed by atoms with Gasteiger partial charge in [0.15, 0.2) is 0 Å². The second kappa shape index (κ2) is 7.26. The van der Waals surface area contributed by atoms with E-state index < -0.39 is 10.0 Å². The van der Waals surface area contributed by atoms with Crippen molar-refractivity contribution >= 4 is 27.3 Å². The average Bonchev–Trinajstić information content (AvgIpc) is 2.38. The van der Waals surface area contributed by atoms with Crippen LogP contribution in [0.25, 0.3) is 0 Å². The van der Waals surface area contributed by atoms with Gasteiger partial charge in [-0.05, 0) is 31.0 Å². The van der Waals surface area contributed by atoms with Gasteiger partial charge >= 0.3 is 0 Å². The molecule has 3 N–H and O–H groups in total. The molecule has 114 valence electrons. The van der Waals surface area contributed by atoms with E-state index >= 15 is 0 Å². The molecule has 0 heterocycles. The van der Waals surface area contributed by atoms with Crippen LogP contribution >= 0.6 is 11.6 Å². The van der Waals surface area contributed by atoms with Gasteiger partial charge in [-0.3, -0.25) is 0 Å². The quantitative estimate of drug-likeness (QED) is 0.753. The van der Waals surface area contributed by atoms with Gasteiger partial charge in [-0.25, -0.2) is 8.42 Å². The van der Waals surface area contributed by atoms with E-state index in [1.807, 2.05) is 13.8 Å². The molecule has 0 unspecified atom stereocenters. The Labute approximate surface area is 125 Å². The molecule has 0 aliphatic carbocycles. The van der Waals surface area contributed by atoms with Gasteiger partial charge in [-0.1, -0.05) is 25.4 Å². The molecule has 0 radical (unpaired) electrons. The van der Waals surface area contributed by atoms with Crippen LogP contribution in [0.15, 0.2) is 23.1 Å². The lowest BCUT2D eigenvalue weighted by Gasteiger charge is -2.29. The number of nitrogens with zero attached hydrogens (tertiary/aromatic N) is 1. The van der Waals surface area contributed by atoms with Crippen molar-refractivity contribution in [3.05, 3.63) is 23.2 Å². The lowest BCUT2D eigenvalue weighted by molar-refractivity contribution is 0.219. The highest BCUT2D eigenvalue weighted by Crippen LogP contribution is 2.28. The van der Waals surface area contributed by atoms with Gasteiger partial charge < -0.3 is 10.8 Å². The number of nitrogen functional groups attached to an aromatic ring is 1. The third kappa shape index (κ3) is 3.63. The Morgan fingerprint density at radius 1 is 1.35 bits per heavy atom. The minimum atomic E-state index is -3.75. The Kier molecular flexibility index (Phi) is 6.26. The van der Waals surface area contributed by atoms with Crippen molar-refractivity contribution in [2.24, 2.45) is 0 Å². The Morgan fingerprint density at radius 3 is 2.40 bits per heavy atom. The average molecular weight is 321 g/mol. The number of anilines is 1. The first-order valence-electron chi connectivity index (χ1n) is 6.56. The first kappa shape index (κ1) is 17.2. The van der Waals surface area contributed by atoms with Gasteiger partial charge in [0.25, 0.3) is 0 Å². The van der Waals surface area contributed by atoms with Gasteiger partial charge in [-0.2, -0.15) is 4.31 Å². The zero-order chi connectivity index (χ0) is 15.3. The van der Waals surface area contributed by atoms with Crippen molar-refractivity contribution < 1.29 is 13.5 Å². The summed E-state index contributed by atoms with van der Waals surface area (Å²) >= 11 is 6.00. The summed E-state index contributed by atoms with van der Waals surface area (Å²) < 4.78 is 26.7. The van der Waals surface area contributed by atoms with Crippen molar-refractivity contribution in [3.8, 4) is 0 Å². The number of sulfonamides is 1. The second-order valence-electron chi connectivity index (χ2n) is 4.50. The maximum Gasteiger partial charge on any atom is 0.244 e. The van der Waals surface area contributed by atoms with Gasteiger partial charge in [0.1, 0.15) is 4.90 Å². The summed E-state index contributed by atoms with van der Waals surface area (Å²) in [6.45, 7) is 3.65. The standard InChI is InChI=1S/C13H21ClN2O3S/c1-3-11(4-2)16(7-8-17)20(18,19)13-6-5-10(15)9-12(13)14/h5-6,9,11,17H,3-4,7-8,15H2,1-2H3. The Morgan fingerprint density at radius 2 is 1.95 bits per heavy atom. The summed E-state index contributed by atoms with van der Waals surface area (Å²) in [6.07, 6.45) is 1.34. The molecule has 0 atom stereocenters. The zero-order valence-electron chi connectivity index (χ0n) is 11.7. The van der Waals surface area contributed by atoms with Crippen molar-refractivity contribution in [3.63, 3.8) is 0 Å². The van der Waals surface area contributed by atoms with Crippen molar-refractivity contribution in [2.75, 3.05) is 18.9 Å². The molecular formula is C13H21ClN2O3S. The van der Waals surface area contributed by atoms with Crippen LogP contribution in [-0.2, 0) is 10.0 Å². The number of hydrogen-bond donors (Lipinski definition) is 2. The molecule has 0 aromatic heterocycles. The van der Waals surface area contributed by atoms with Crippen LogP contribution < -0.4 is 5.73 Å². The molecule has 0 amide bonds. The predicted octanol–water partition coefficient (Wildman–Crippen LogP) is 2.09. The van der Waals surface area contributed by atoms with Crippen LogP contribution in [0, 0.1) is 0 Å². The summed E-state index contributed by atoms with van der Waals surface area (Å²) in [5.74, 6) is 0. The minimum Gasteiger partial charge on any atom is -0.399 e. The largest absolute Gasteiger partial charge is 0.399 e. The molecule has 1 aromatic carbocycles. The molecule has 0 spiro atoms. The fraction of sp³-hybridized carbons (Fsp3) is 0.538. The highest BCUT2D eigenvalue weighted by molar-refractivity contribution is 7.89. The predicted molar refractivity (Wildman–Crippen MR) is 81.2 cm³/mol. The third-order valence-electron chi connectivity index (χ3n) is 3.21. The van der Waals surface area contributed by atoms with Crippen LogP contribution in [0.1, 0.15) is 26.7 Å². The topological polar surface area (TPSA) is 83.6 Å². The van der Waals surface area contributed by atoms with E-state index in [-0.39, 0.29) is 29.1 Å².